The summed E-state index contributed by atoms with van der Waals surface area (Å²) >= 11 is 6.11. The van der Waals surface area contributed by atoms with E-state index in [1.165, 1.54) is 19.2 Å². The summed E-state index contributed by atoms with van der Waals surface area (Å²) in [5, 5.41) is 3.03. The van der Waals surface area contributed by atoms with Crippen molar-refractivity contribution < 1.29 is 17.9 Å². The monoisotopic (exact) mass is 458 g/mol. The Labute approximate surface area is 187 Å². The summed E-state index contributed by atoms with van der Waals surface area (Å²) < 4.78 is 33.0. The van der Waals surface area contributed by atoms with Crippen LogP contribution in [0.15, 0.2) is 71.6 Å². The minimum absolute atomic E-state index is 0.111. The number of benzene rings is 3. The van der Waals surface area contributed by atoms with E-state index >= 15 is 0 Å². The maximum atomic E-state index is 13.4. The molecule has 0 atom stereocenters. The molecule has 3 rings (SSSR count). The highest BCUT2D eigenvalue weighted by molar-refractivity contribution is 7.92. The molecular weight excluding hydrogens is 436 g/mol. The number of nitrogens with one attached hydrogen (secondary N) is 1. The van der Waals surface area contributed by atoms with Gasteiger partial charge in [0.05, 0.1) is 22.7 Å². The van der Waals surface area contributed by atoms with Gasteiger partial charge in [0.2, 0.25) is 5.91 Å². The van der Waals surface area contributed by atoms with Crippen LogP contribution in [0.3, 0.4) is 0 Å². The summed E-state index contributed by atoms with van der Waals surface area (Å²) in [5.74, 6) is -0.0265. The van der Waals surface area contributed by atoms with Gasteiger partial charge in [-0.05, 0) is 61.9 Å². The van der Waals surface area contributed by atoms with Crippen LogP contribution in [0.1, 0.15) is 11.1 Å². The quantitative estimate of drug-likeness (QED) is 0.551. The Kier molecular flexibility index (Phi) is 6.87. The highest BCUT2D eigenvalue weighted by Gasteiger charge is 2.27. The number of sulfonamides is 1. The van der Waals surface area contributed by atoms with Gasteiger partial charge in [-0.3, -0.25) is 9.10 Å². The molecule has 0 fully saturated rings. The lowest BCUT2D eigenvalue weighted by atomic mass is 10.2. The second-order valence-electron chi connectivity index (χ2n) is 7.06. The molecule has 0 aromatic heterocycles. The van der Waals surface area contributed by atoms with Crippen LogP contribution >= 0.6 is 11.6 Å². The van der Waals surface area contributed by atoms with E-state index in [2.05, 4.69) is 5.32 Å². The van der Waals surface area contributed by atoms with Gasteiger partial charge in [0.1, 0.15) is 12.3 Å². The molecule has 0 saturated carbocycles. The number of aryl methyl sites for hydroxylation is 2. The lowest BCUT2D eigenvalue weighted by Gasteiger charge is -2.24. The lowest BCUT2D eigenvalue weighted by Crippen LogP contribution is -2.38. The van der Waals surface area contributed by atoms with Gasteiger partial charge >= 0.3 is 0 Å². The normalized spacial score (nSPS) is 11.1. The summed E-state index contributed by atoms with van der Waals surface area (Å²) in [7, 11) is -2.47. The lowest BCUT2D eigenvalue weighted by molar-refractivity contribution is -0.114. The number of ether oxygens (including phenoxy) is 1. The largest absolute Gasteiger partial charge is 0.495 e. The molecule has 0 aliphatic rings. The molecule has 0 radical (unpaired) electrons. The van der Waals surface area contributed by atoms with Gasteiger partial charge in [0, 0.05) is 5.69 Å². The van der Waals surface area contributed by atoms with Gasteiger partial charge in [-0.1, -0.05) is 41.4 Å². The van der Waals surface area contributed by atoms with Crippen LogP contribution in [0.25, 0.3) is 0 Å². The number of nitrogens with zero attached hydrogens (tertiary/aromatic N) is 1. The third kappa shape index (κ3) is 5.37. The molecule has 8 heteroatoms. The highest BCUT2D eigenvalue weighted by atomic mass is 35.5. The fourth-order valence-electron chi connectivity index (χ4n) is 3.01. The summed E-state index contributed by atoms with van der Waals surface area (Å²) in [4.78, 5) is 12.9. The zero-order valence-electron chi connectivity index (χ0n) is 17.4. The third-order valence-corrected chi connectivity index (χ3v) is 6.70. The number of rotatable bonds is 7. The third-order valence-electron chi connectivity index (χ3n) is 4.62. The standard InChI is InChI=1S/C23H23ClN2O4S/c1-16-7-10-20(11-8-16)31(28,29)26(19-6-4-5-17(2)13-19)15-23(27)25-18-9-12-22(30-3)21(24)14-18/h4-14H,15H2,1-3H3,(H,25,27). The Morgan fingerprint density at radius 2 is 1.71 bits per heavy atom. The van der Waals surface area contributed by atoms with E-state index in [4.69, 9.17) is 16.3 Å². The van der Waals surface area contributed by atoms with Crippen LogP contribution in [0.4, 0.5) is 11.4 Å². The molecule has 162 valence electrons. The molecule has 0 saturated heterocycles. The van der Waals surface area contributed by atoms with Gasteiger partial charge in [-0.2, -0.15) is 0 Å². The van der Waals surface area contributed by atoms with E-state index in [1.807, 2.05) is 19.9 Å². The predicted molar refractivity (Wildman–Crippen MR) is 124 cm³/mol. The van der Waals surface area contributed by atoms with Crippen molar-refractivity contribution in [3.63, 3.8) is 0 Å². The Morgan fingerprint density at radius 3 is 2.32 bits per heavy atom. The molecular formula is C23H23ClN2O4S. The van der Waals surface area contributed by atoms with Crippen LogP contribution in [0, 0.1) is 13.8 Å². The minimum Gasteiger partial charge on any atom is -0.495 e. The number of hydrogen-bond donors (Lipinski definition) is 1. The summed E-state index contributed by atoms with van der Waals surface area (Å²) in [5.41, 5.74) is 2.66. The zero-order valence-corrected chi connectivity index (χ0v) is 19.0. The summed E-state index contributed by atoms with van der Waals surface area (Å²) in [6.07, 6.45) is 0. The SMILES string of the molecule is COc1ccc(NC(=O)CN(c2cccc(C)c2)S(=O)(=O)c2ccc(C)cc2)cc1Cl. The van der Waals surface area contributed by atoms with Crippen molar-refractivity contribution in [2.75, 3.05) is 23.3 Å². The number of amides is 1. The fraction of sp³-hybridized carbons (Fsp3) is 0.174. The Hall–Kier alpha value is -3.03. The van der Waals surface area contributed by atoms with E-state index in [-0.39, 0.29) is 4.90 Å². The first-order valence-corrected chi connectivity index (χ1v) is 11.3. The first kappa shape index (κ1) is 22.7. The molecule has 3 aromatic rings. The van der Waals surface area contributed by atoms with Crippen LogP contribution < -0.4 is 14.4 Å². The number of hydrogen-bond acceptors (Lipinski definition) is 4. The van der Waals surface area contributed by atoms with Gasteiger partial charge in [-0.15, -0.1) is 0 Å². The van der Waals surface area contributed by atoms with Gasteiger partial charge < -0.3 is 10.1 Å². The highest BCUT2D eigenvalue weighted by Crippen LogP contribution is 2.28. The van der Waals surface area contributed by atoms with Gasteiger partial charge in [0.25, 0.3) is 10.0 Å². The maximum Gasteiger partial charge on any atom is 0.264 e. The van der Waals surface area contributed by atoms with E-state index in [9.17, 15) is 13.2 Å². The van der Waals surface area contributed by atoms with Crippen LogP contribution in [0.2, 0.25) is 5.02 Å². The first-order chi connectivity index (χ1) is 14.7. The Balaban J connectivity index is 1.92. The minimum atomic E-state index is -3.97. The molecule has 0 unspecified atom stereocenters. The number of anilines is 2. The number of methoxy groups -OCH3 is 1. The van der Waals surface area contributed by atoms with Crippen molar-refractivity contribution in [3.05, 3.63) is 82.9 Å². The smallest absolute Gasteiger partial charge is 0.264 e. The molecule has 0 aliphatic heterocycles. The van der Waals surface area contributed by atoms with Crippen molar-refractivity contribution in [1.29, 1.82) is 0 Å². The summed E-state index contributed by atoms with van der Waals surface area (Å²) in [6, 6.07) is 18.3. The first-order valence-electron chi connectivity index (χ1n) is 9.50. The van der Waals surface area contributed by atoms with Crippen LogP contribution in [-0.4, -0.2) is 28.0 Å². The van der Waals surface area contributed by atoms with E-state index in [0.717, 1.165) is 15.4 Å². The zero-order chi connectivity index (χ0) is 22.6. The molecule has 0 bridgehead atoms. The average molecular weight is 459 g/mol. The molecule has 0 spiro atoms. The van der Waals surface area contributed by atoms with Crippen molar-refractivity contribution in [2.45, 2.75) is 18.7 Å². The number of halogens is 1. The van der Waals surface area contributed by atoms with Crippen molar-refractivity contribution in [3.8, 4) is 5.75 Å². The second kappa shape index (κ2) is 9.41. The number of carbonyl (C=O) groups excluding carboxylic acids is 1. The molecule has 6 nitrogen and oxygen atoms in total. The maximum absolute atomic E-state index is 13.4. The van der Waals surface area contributed by atoms with Gasteiger partial charge in [0.15, 0.2) is 0 Å². The van der Waals surface area contributed by atoms with Crippen molar-refractivity contribution in [1.82, 2.24) is 0 Å². The fourth-order valence-corrected chi connectivity index (χ4v) is 4.68. The Bertz CT molecular complexity index is 1190. The van der Waals surface area contributed by atoms with E-state index < -0.39 is 22.5 Å². The predicted octanol–water partition coefficient (Wildman–Crippen LogP) is 4.80. The molecule has 0 heterocycles. The average Bonchev–Trinajstić information content (AvgIpc) is 2.72. The van der Waals surface area contributed by atoms with Crippen LogP contribution in [0.5, 0.6) is 5.75 Å². The molecule has 1 N–H and O–H groups in total. The Morgan fingerprint density at radius 1 is 1.00 bits per heavy atom. The molecule has 31 heavy (non-hydrogen) atoms. The van der Waals surface area contributed by atoms with Crippen molar-refractivity contribution in [2.24, 2.45) is 0 Å². The topological polar surface area (TPSA) is 75.7 Å². The van der Waals surface area contributed by atoms with E-state index in [0.29, 0.717) is 22.1 Å². The number of carbonyl (C=O) groups is 1. The molecule has 0 aliphatic carbocycles. The summed E-state index contributed by atoms with van der Waals surface area (Å²) in [6.45, 7) is 3.34. The molecule has 3 aromatic carbocycles. The van der Waals surface area contributed by atoms with Crippen molar-refractivity contribution >= 4 is 38.9 Å². The van der Waals surface area contributed by atoms with E-state index in [1.54, 1.807) is 48.5 Å². The second-order valence-corrected chi connectivity index (χ2v) is 9.33. The molecule has 1 amide bonds. The van der Waals surface area contributed by atoms with Crippen LogP contribution in [-0.2, 0) is 14.8 Å². The van der Waals surface area contributed by atoms with Gasteiger partial charge in [-0.25, -0.2) is 8.42 Å².